The Labute approximate surface area is 75.2 Å². The zero-order valence-corrected chi connectivity index (χ0v) is 7.46. The fourth-order valence-electron chi connectivity index (χ4n) is 1.04. The van der Waals surface area contributed by atoms with Crippen LogP contribution in [-0.4, -0.2) is 16.9 Å². The van der Waals surface area contributed by atoms with E-state index in [1.54, 1.807) is 0 Å². The van der Waals surface area contributed by atoms with E-state index in [0.29, 0.717) is 12.2 Å². The van der Waals surface area contributed by atoms with Crippen molar-refractivity contribution in [2.45, 2.75) is 20.3 Å². The lowest BCUT2D eigenvalue weighted by atomic mass is 10.2. The third kappa shape index (κ3) is 1.77. The Morgan fingerprint density at radius 2 is 2.15 bits per heavy atom. The highest BCUT2D eigenvalue weighted by Crippen LogP contribution is 2.16. The number of aromatic carboxylic acids is 1. The minimum Gasteiger partial charge on any atom is -0.478 e. The molecule has 1 N–H and O–H groups in total. The van der Waals surface area contributed by atoms with Gasteiger partial charge in [-0.3, -0.25) is 4.79 Å². The molecule has 0 fully saturated rings. The number of hydrogen-bond donors (Lipinski definition) is 1. The number of aryl methyl sites for hydroxylation is 1. The lowest BCUT2D eigenvalue weighted by Crippen LogP contribution is -2.01. The Kier molecular flexibility index (Phi) is 2.51. The van der Waals surface area contributed by atoms with Crippen molar-refractivity contribution in [3.63, 3.8) is 0 Å². The summed E-state index contributed by atoms with van der Waals surface area (Å²) in [4.78, 5) is 21.6. The van der Waals surface area contributed by atoms with Crippen LogP contribution in [0.4, 0.5) is 0 Å². The molecule has 0 saturated heterocycles. The molecule has 0 amide bonds. The van der Waals surface area contributed by atoms with Crippen LogP contribution in [0, 0.1) is 0 Å². The number of carboxylic acids is 1. The maximum absolute atomic E-state index is 10.9. The van der Waals surface area contributed by atoms with E-state index < -0.39 is 5.97 Å². The van der Waals surface area contributed by atoms with Gasteiger partial charge >= 0.3 is 5.97 Å². The van der Waals surface area contributed by atoms with Crippen molar-refractivity contribution in [1.82, 2.24) is 0 Å². The van der Waals surface area contributed by atoms with Crippen LogP contribution in [0.5, 0.6) is 0 Å². The number of Topliss-reactive ketones (excluding diaryl/α,β-unsaturated/α-hetero) is 1. The molecule has 0 radical (unpaired) electrons. The molecule has 0 aliphatic heterocycles. The monoisotopic (exact) mass is 182 g/mol. The lowest BCUT2D eigenvalue weighted by Gasteiger charge is -1.90. The highest BCUT2D eigenvalue weighted by Gasteiger charge is 2.19. The first kappa shape index (κ1) is 9.51. The minimum absolute atomic E-state index is 0.0515. The SMILES string of the molecule is CCc1cc(C(=O)O)c(C(C)=O)o1. The Morgan fingerprint density at radius 1 is 1.54 bits per heavy atom. The number of furan rings is 1. The summed E-state index contributed by atoms with van der Waals surface area (Å²) in [6.07, 6.45) is 0.577. The standard InChI is InChI=1S/C9H10O4/c1-3-6-4-7(9(11)12)8(13-6)5(2)10/h4H,3H2,1-2H3,(H,11,12). The average molecular weight is 182 g/mol. The lowest BCUT2D eigenvalue weighted by molar-refractivity contribution is 0.0690. The number of hydrogen-bond acceptors (Lipinski definition) is 3. The summed E-state index contributed by atoms with van der Waals surface area (Å²) in [5.41, 5.74) is -0.0515. The Morgan fingerprint density at radius 3 is 2.46 bits per heavy atom. The molecule has 4 nitrogen and oxygen atoms in total. The molecule has 70 valence electrons. The molecule has 1 rings (SSSR count). The first-order valence-corrected chi connectivity index (χ1v) is 3.93. The van der Waals surface area contributed by atoms with Crippen LogP contribution in [-0.2, 0) is 6.42 Å². The van der Waals surface area contributed by atoms with E-state index in [0.717, 1.165) is 0 Å². The summed E-state index contributed by atoms with van der Waals surface area (Å²) in [7, 11) is 0. The molecular formula is C9H10O4. The Hall–Kier alpha value is -1.58. The predicted molar refractivity (Wildman–Crippen MR) is 45.0 cm³/mol. The number of carbonyl (C=O) groups is 2. The van der Waals surface area contributed by atoms with E-state index in [-0.39, 0.29) is 17.1 Å². The number of carbonyl (C=O) groups excluding carboxylic acids is 1. The Bertz CT molecular complexity index is 317. The van der Waals surface area contributed by atoms with E-state index in [1.807, 2.05) is 6.92 Å². The molecule has 0 aliphatic carbocycles. The smallest absolute Gasteiger partial charge is 0.339 e. The minimum atomic E-state index is -1.13. The van der Waals surface area contributed by atoms with Crippen LogP contribution in [0.15, 0.2) is 10.5 Å². The van der Waals surface area contributed by atoms with Gasteiger partial charge in [0.2, 0.25) is 0 Å². The van der Waals surface area contributed by atoms with Gasteiger partial charge in [0, 0.05) is 13.3 Å². The molecule has 0 spiro atoms. The third-order valence-electron chi connectivity index (χ3n) is 1.68. The van der Waals surface area contributed by atoms with Gasteiger partial charge in [-0.05, 0) is 6.07 Å². The quantitative estimate of drug-likeness (QED) is 0.723. The van der Waals surface area contributed by atoms with E-state index in [4.69, 9.17) is 9.52 Å². The molecule has 0 aliphatic rings. The fourth-order valence-corrected chi connectivity index (χ4v) is 1.04. The van der Waals surface area contributed by atoms with E-state index in [1.165, 1.54) is 13.0 Å². The summed E-state index contributed by atoms with van der Waals surface area (Å²) in [5.74, 6) is -1.04. The second-order valence-corrected chi connectivity index (χ2v) is 2.67. The molecule has 0 saturated carbocycles. The predicted octanol–water partition coefficient (Wildman–Crippen LogP) is 1.74. The second kappa shape index (κ2) is 3.43. The number of carboxylic acid groups (broad SMARTS) is 1. The van der Waals surface area contributed by atoms with Gasteiger partial charge in [0.15, 0.2) is 11.5 Å². The van der Waals surface area contributed by atoms with Gasteiger partial charge < -0.3 is 9.52 Å². The molecule has 0 aromatic carbocycles. The van der Waals surface area contributed by atoms with E-state index in [2.05, 4.69) is 0 Å². The van der Waals surface area contributed by atoms with Crippen molar-refractivity contribution in [1.29, 1.82) is 0 Å². The van der Waals surface area contributed by atoms with Crippen LogP contribution >= 0.6 is 0 Å². The molecule has 1 heterocycles. The number of ketones is 1. The van der Waals surface area contributed by atoms with Crippen molar-refractivity contribution >= 4 is 11.8 Å². The molecule has 0 unspecified atom stereocenters. The maximum atomic E-state index is 10.9. The summed E-state index contributed by atoms with van der Waals surface area (Å²) < 4.78 is 5.06. The van der Waals surface area contributed by atoms with Crippen molar-refractivity contribution in [3.8, 4) is 0 Å². The van der Waals surface area contributed by atoms with Gasteiger partial charge in [0.25, 0.3) is 0 Å². The van der Waals surface area contributed by atoms with Gasteiger partial charge in [-0.15, -0.1) is 0 Å². The molecular weight excluding hydrogens is 172 g/mol. The van der Waals surface area contributed by atoms with E-state index in [9.17, 15) is 9.59 Å². The molecule has 0 bridgehead atoms. The molecule has 13 heavy (non-hydrogen) atoms. The largest absolute Gasteiger partial charge is 0.478 e. The van der Waals surface area contributed by atoms with Crippen LogP contribution in [0.3, 0.4) is 0 Å². The van der Waals surface area contributed by atoms with E-state index >= 15 is 0 Å². The summed E-state index contributed by atoms with van der Waals surface area (Å²) in [5, 5.41) is 8.71. The van der Waals surface area contributed by atoms with Gasteiger partial charge in [0.05, 0.1) is 0 Å². The van der Waals surface area contributed by atoms with Crippen molar-refractivity contribution in [2.75, 3.05) is 0 Å². The second-order valence-electron chi connectivity index (χ2n) is 2.67. The number of rotatable bonds is 3. The van der Waals surface area contributed by atoms with Gasteiger partial charge in [-0.2, -0.15) is 0 Å². The van der Waals surface area contributed by atoms with Crippen molar-refractivity contribution in [2.24, 2.45) is 0 Å². The van der Waals surface area contributed by atoms with Gasteiger partial charge in [0.1, 0.15) is 11.3 Å². The summed E-state index contributed by atoms with van der Waals surface area (Å²) in [6, 6.07) is 1.39. The van der Waals surface area contributed by atoms with Gasteiger partial charge in [-0.1, -0.05) is 6.92 Å². The zero-order valence-electron chi connectivity index (χ0n) is 7.46. The molecule has 4 heteroatoms. The van der Waals surface area contributed by atoms with Crippen LogP contribution in [0.2, 0.25) is 0 Å². The van der Waals surface area contributed by atoms with Gasteiger partial charge in [-0.25, -0.2) is 4.79 Å². The topological polar surface area (TPSA) is 67.5 Å². The van der Waals surface area contributed by atoms with Crippen LogP contribution in [0.25, 0.3) is 0 Å². The maximum Gasteiger partial charge on any atom is 0.339 e. The first-order valence-electron chi connectivity index (χ1n) is 3.93. The van der Waals surface area contributed by atoms with Crippen molar-refractivity contribution in [3.05, 3.63) is 23.2 Å². The zero-order chi connectivity index (χ0) is 10.0. The van der Waals surface area contributed by atoms with Crippen LogP contribution < -0.4 is 0 Å². The average Bonchev–Trinajstić information content (AvgIpc) is 2.47. The summed E-state index contributed by atoms with van der Waals surface area (Å²) >= 11 is 0. The molecule has 1 aromatic heterocycles. The summed E-state index contributed by atoms with van der Waals surface area (Å²) in [6.45, 7) is 3.11. The highest BCUT2D eigenvalue weighted by molar-refractivity contribution is 6.02. The van der Waals surface area contributed by atoms with Crippen molar-refractivity contribution < 1.29 is 19.1 Å². The molecule has 0 atom stereocenters. The fraction of sp³-hybridized carbons (Fsp3) is 0.333. The van der Waals surface area contributed by atoms with Crippen LogP contribution in [0.1, 0.15) is 40.5 Å². The normalized spacial score (nSPS) is 10.0. The Balaban J connectivity index is 3.23. The highest BCUT2D eigenvalue weighted by atomic mass is 16.4. The third-order valence-corrected chi connectivity index (χ3v) is 1.68. The molecule has 1 aromatic rings. The first-order chi connectivity index (χ1) is 6.06.